The maximum atomic E-state index is 9.63. The first-order valence-corrected chi connectivity index (χ1v) is 5.01. The van der Waals surface area contributed by atoms with Crippen molar-refractivity contribution in [2.45, 2.75) is 44.9 Å². The normalized spacial score (nSPS) is 42.8. The van der Waals surface area contributed by atoms with Crippen molar-refractivity contribution in [2.24, 2.45) is 11.8 Å². The van der Waals surface area contributed by atoms with E-state index in [4.69, 9.17) is 5.26 Å². The monoisotopic (exact) mass is 180 g/mol. The Hall–Kier alpha value is -0.750. The molecule has 2 aliphatic rings. The molecule has 0 aromatic rings. The third-order valence-electron chi connectivity index (χ3n) is 3.62. The van der Waals surface area contributed by atoms with E-state index in [0.717, 1.165) is 12.8 Å². The summed E-state index contributed by atoms with van der Waals surface area (Å²) in [6.45, 7) is 4.40. The van der Waals surface area contributed by atoms with E-state index in [0.29, 0.717) is 17.9 Å². The molecule has 0 aromatic heterocycles. The molecular formula is C10H16N2O. The van der Waals surface area contributed by atoms with Gasteiger partial charge in [-0.15, -0.1) is 0 Å². The molecule has 4 unspecified atom stereocenters. The number of nitriles is 1. The zero-order valence-corrected chi connectivity index (χ0v) is 8.14. The fraction of sp³-hybridized carbons (Fsp3) is 0.900. The van der Waals surface area contributed by atoms with Crippen LogP contribution in [0.2, 0.25) is 0 Å². The van der Waals surface area contributed by atoms with Crippen LogP contribution in [0.4, 0.5) is 0 Å². The molecule has 0 spiro atoms. The lowest BCUT2D eigenvalue weighted by Crippen LogP contribution is -2.29. The highest BCUT2D eigenvalue weighted by Gasteiger charge is 2.51. The van der Waals surface area contributed by atoms with Gasteiger partial charge in [-0.05, 0) is 24.7 Å². The van der Waals surface area contributed by atoms with Gasteiger partial charge in [-0.25, -0.2) is 0 Å². The number of aliphatic hydroxyl groups is 1. The van der Waals surface area contributed by atoms with Gasteiger partial charge in [0.2, 0.25) is 0 Å². The van der Waals surface area contributed by atoms with Crippen LogP contribution in [-0.2, 0) is 0 Å². The minimum atomic E-state index is -0.264. The summed E-state index contributed by atoms with van der Waals surface area (Å²) in [5.41, 5.74) is 0. The summed E-state index contributed by atoms with van der Waals surface area (Å²) in [6.07, 6.45) is 3.74. The maximum absolute atomic E-state index is 9.63. The van der Waals surface area contributed by atoms with Crippen molar-refractivity contribution < 1.29 is 5.11 Å². The average Bonchev–Trinajstić information content (AvgIpc) is 2.56. The van der Waals surface area contributed by atoms with Crippen LogP contribution in [0.25, 0.3) is 0 Å². The largest absolute Gasteiger partial charge is 0.391 e. The number of hydrogen-bond donors (Lipinski definition) is 1. The highest BCUT2D eigenvalue weighted by atomic mass is 16.3. The van der Waals surface area contributed by atoms with Gasteiger partial charge >= 0.3 is 0 Å². The Balaban J connectivity index is 2.17. The van der Waals surface area contributed by atoms with Gasteiger partial charge in [-0.1, -0.05) is 13.8 Å². The molecule has 0 aromatic carbocycles. The van der Waals surface area contributed by atoms with Crippen molar-refractivity contribution in [3.63, 3.8) is 0 Å². The van der Waals surface area contributed by atoms with Crippen molar-refractivity contribution in [1.29, 1.82) is 5.26 Å². The minimum absolute atomic E-state index is 0.113. The van der Waals surface area contributed by atoms with Crippen molar-refractivity contribution in [3.8, 4) is 6.19 Å². The van der Waals surface area contributed by atoms with Crippen LogP contribution < -0.4 is 0 Å². The summed E-state index contributed by atoms with van der Waals surface area (Å²) in [4.78, 5) is 1.81. The van der Waals surface area contributed by atoms with E-state index in [-0.39, 0.29) is 12.1 Å². The highest BCUT2D eigenvalue weighted by Crippen LogP contribution is 2.44. The lowest BCUT2D eigenvalue weighted by atomic mass is 9.80. The average molecular weight is 180 g/mol. The number of nitrogens with zero attached hydrogens (tertiary/aromatic N) is 2. The second-order valence-corrected chi connectivity index (χ2v) is 4.59. The van der Waals surface area contributed by atoms with Crippen molar-refractivity contribution in [3.05, 3.63) is 0 Å². The van der Waals surface area contributed by atoms with Gasteiger partial charge in [0.15, 0.2) is 6.19 Å². The molecule has 13 heavy (non-hydrogen) atoms. The molecule has 0 amide bonds. The third-order valence-corrected chi connectivity index (χ3v) is 3.62. The Morgan fingerprint density at radius 3 is 2.54 bits per heavy atom. The molecule has 0 aliphatic carbocycles. The molecule has 4 atom stereocenters. The first-order valence-electron chi connectivity index (χ1n) is 5.01. The predicted octanol–water partition coefficient (Wildman–Crippen LogP) is 0.947. The summed E-state index contributed by atoms with van der Waals surface area (Å²) in [6, 6.07) is 0.424. The SMILES string of the molecule is CC(C)C1CC2C(O)CC1N2C#N. The van der Waals surface area contributed by atoms with Crippen LogP contribution in [0, 0.1) is 23.3 Å². The van der Waals surface area contributed by atoms with E-state index in [1.165, 1.54) is 0 Å². The van der Waals surface area contributed by atoms with E-state index in [1.807, 2.05) is 4.90 Å². The molecule has 1 N–H and O–H groups in total. The Kier molecular flexibility index (Phi) is 1.96. The molecule has 2 bridgehead atoms. The molecule has 0 saturated carbocycles. The number of aliphatic hydroxyl groups excluding tert-OH is 1. The summed E-state index contributed by atoms with van der Waals surface area (Å²) in [5, 5.41) is 18.6. The number of rotatable bonds is 1. The molecule has 2 rings (SSSR count). The van der Waals surface area contributed by atoms with Crippen LogP contribution >= 0.6 is 0 Å². The van der Waals surface area contributed by atoms with Crippen molar-refractivity contribution in [1.82, 2.24) is 4.90 Å². The lowest BCUT2D eigenvalue weighted by Gasteiger charge is -2.25. The quantitative estimate of drug-likeness (QED) is 0.611. The van der Waals surface area contributed by atoms with E-state index < -0.39 is 0 Å². The van der Waals surface area contributed by atoms with E-state index in [1.54, 1.807) is 0 Å². The van der Waals surface area contributed by atoms with Crippen LogP contribution in [0.15, 0.2) is 0 Å². The van der Waals surface area contributed by atoms with Gasteiger partial charge in [-0.3, -0.25) is 0 Å². The molecule has 72 valence electrons. The fourth-order valence-corrected chi connectivity index (χ4v) is 2.90. The molecule has 2 saturated heterocycles. The number of fused-ring (bicyclic) bond motifs is 2. The zero-order chi connectivity index (χ0) is 9.59. The van der Waals surface area contributed by atoms with Crippen LogP contribution in [-0.4, -0.2) is 28.2 Å². The van der Waals surface area contributed by atoms with Gasteiger partial charge in [0.25, 0.3) is 0 Å². The Labute approximate surface area is 79.0 Å². The Morgan fingerprint density at radius 2 is 2.08 bits per heavy atom. The molecule has 2 aliphatic heterocycles. The maximum Gasteiger partial charge on any atom is 0.179 e. The molecular weight excluding hydrogens is 164 g/mol. The van der Waals surface area contributed by atoms with Gasteiger partial charge in [0.1, 0.15) is 0 Å². The third kappa shape index (κ3) is 1.13. The summed E-state index contributed by atoms with van der Waals surface area (Å²) >= 11 is 0. The van der Waals surface area contributed by atoms with E-state index in [9.17, 15) is 5.11 Å². The van der Waals surface area contributed by atoms with Crippen molar-refractivity contribution >= 4 is 0 Å². The van der Waals surface area contributed by atoms with Crippen LogP contribution in [0.3, 0.4) is 0 Å². The smallest absolute Gasteiger partial charge is 0.179 e. The molecule has 3 nitrogen and oxygen atoms in total. The molecule has 2 heterocycles. The predicted molar refractivity (Wildman–Crippen MR) is 48.6 cm³/mol. The lowest BCUT2D eigenvalue weighted by molar-refractivity contribution is 0.118. The zero-order valence-electron chi connectivity index (χ0n) is 8.14. The van der Waals surface area contributed by atoms with Gasteiger partial charge in [-0.2, -0.15) is 5.26 Å². The first-order chi connectivity index (χ1) is 6.15. The minimum Gasteiger partial charge on any atom is -0.391 e. The van der Waals surface area contributed by atoms with Gasteiger partial charge < -0.3 is 10.0 Å². The second-order valence-electron chi connectivity index (χ2n) is 4.59. The molecule has 2 fully saturated rings. The Morgan fingerprint density at radius 1 is 1.38 bits per heavy atom. The summed E-state index contributed by atoms with van der Waals surface area (Å²) < 4.78 is 0. The van der Waals surface area contributed by atoms with E-state index >= 15 is 0 Å². The van der Waals surface area contributed by atoms with Crippen LogP contribution in [0.5, 0.6) is 0 Å². The van der Waals surface area contributed by atoms with Gasteiger partial charge in [0.05, 0.1) is 12.1 Å². The van der Waals surface area contributed by atoms with Crippen molar-refractivity contribution in [2.75, 3.05) is 0 Å². The summed E-state index contributed by atoms with van der Waals surface area (Å²) in [5.74, 6) is 1.23. The standard InChI is InChI=1S/C10H16N2O/c1-6(2)7-3-9-10(13)4-8(7)12(9)5-11/h6-10,13H,3-4H2,1-2H3. The first kappa shape index (κ1) is 8.83. The second kappa shape index (κ2) is 2.88. The van der Waals surface area contributed by atoms with Gasteiger partial charge in [0, 0.05) is 6.04 Å². The molecule has 0 radical (unpaired) electrons. The van der Waals surface area contributed by atoms with Crippen LogP contribution in [0.1, 0.15) is 26.7 Å². The fourth-order valence-electron chi connectivity index (χ4n) is 2.90. The highest BCUT2D eigenvalue weighted by molar-refractivity contribution is 5.09. The number of hydrogen-bond acceptors (Lipinski definition) is 3. The topological polar surface area (TPSA) is 47.3 Å². The Bertz CT molecular complexity index is 246. The summed E-state index contributed by atoms with van der Waals surface area (Å²) in [7, 11) is 0. The molecule has 3 heteroatoms. The van der Waals surface area contributed by atoms with E-state index in [2.05, 4.69) is 20.0 Å².